The number of pyridine rings is 1. The van der Waals surface area contributed by atoms with Gasteiger partial charge in [-0.25, -0.2) is 0 Å². The average Bonchev–Trinajstić information content (AvgIpc) is 3.24. The second-order valence-corrected chi connectivity index (χ2v) is 11.4. The van der Waals surface area contributed by atoms with E-state index in [1.807, 2.05) is 56.5 Å². The van der Waals surface area contributed by atoms with E-state index in [2.05, 4.69) is 15.6 Å². The highest BCUT2D eigenvalue weighted by Crippen LogP contribution is 2.56. The van der Waals surface area contributed by atoms with Crippen molar-refractivity contribution in [3.63, 3.8) is 0 Å². The fourth-order valence-corrected chi connectivity index (χ4v) is 6.43. The molecular weight excluding hydrogens is 456 g/mol. The number of nitrogens with one attached hydrogen (secondary N) is 2. The first-order chi connectivity index (χ1) is 15.8. The van der Waals surface area contributed by atoms with Crippen molar-refractivity contribution in [1.29, 1.82) is 0 Å². The summed E-state index contributed by atoms with van der Waals surface area (Å²) in [5.41, 5.74) is 2.53. The van der Waals surface area contributed by atoms with E-state index in [1.165, 1.54) is 0 Å². The molecule has 1 fully saturated rings. The van der Waals surface area contributed by atoms with Crippen molar-refractivity contribution in [3.05, 3.63) is 65.5 Å². The van der Waals surface area contributed by atoms with E-state index >= 15 is 0 Å². The zero-order chi connectivity index (χ0) is 23.6. The third kappa shape index (κ3) is 4.75. The fraction of sp³-hybridized carbons (Fsp3) is 0.417. The normalized spacial score (nSPS) is 21.3. The van der Waals surface area contributed by atoms with Gasteiger partial charge in [-0.15, -0.1) is 11.8 Å². The van der Waals surface area contributed by atoms with Gasteiger partial charge >= 0.3 is 0 Å². The Balaban J connectivity index is 1.50. The molecule has 0 unspecified atom stereocenters. The molecule has 4 rings (SSSR count). The van der Waals surface area contributed by atoms with Crippen molar-refractivity contribution < 1.29 is 14.4 Å². The zero-order valence-electron chi connectivity index (χ0n) is 18.9. The lowest BCUT2D eigenvalue weighted by Crippen LogP contribution is -2.57. The monoisotopic (exact) mass is 484 g/mol. The van der Waals surface area contributed by atoms with Crippen LogP contribution >= 0.6 is 23.5 Å². The zero-order valence-corrected chi connectivity index (χ0v) is 20.5. The molecule has 3 amide bonds. The number of carbonyl (C=O) groups is 3. The van der Waals surface area contributed by atoms with E-state index in [1.54, 1.807) is 40.8 Å². The Labute approximate surface area is 202 Å². The second-order valence-electron chi connectivity index (χ2n) is 8.69. The van der Waals surface area contributed by atoms with Crippen LogP contribution in [0.3, 0.4) is 0 Å². The van der Waals surface area contributed by atoms with Crippen molar-refractivity contribution in [2.24, 2.45) is 0 Å². The van der Waals surface area contributed by atoms with Crippen LogP contribution in [0.2, 0.25) is 0 Å². The van der Waals surface area contributed by atoms with Gasteiger partial charge in [-0.3, -0.25) is 19.4 Å². The summed E-state index contributed by atoms with van der Waals surface area (Å²) in [5, 5.41) is 5.69. The van der Waals surface area contributed by atoms with Gasteiger partial charge in [0.25, 0.3) is 5.91 Å². The van der Waals surface area contributed by atoms with E-state index in [4.69, 9.17) is 0 Å². The van der Waals surface area contributed by atoms with E-state index in [0.29, 0.717) is 18.5 Å². The van der Waals surface area contributed by atoms with Gasteiger partial charge in [0.15, 0.2) is 0 Å². The van der Waals surface area contributed by atoms with E-state index in [0.717, 1.165) is 16.9 Å². The number of nitrogens with zero attached hydrogens (tertiary/aromatic N) is 2. The minimum atomic E-state index is -0.674. The smallest absolute Gasteiger partial charge is 0.256 e. The Morgan fingerprint density at radius 2 is 1.94 bits per heavy atom. The third-order valence-corrected chi connectivity index (χ3v) is 8.18. The maximum absolute atomic E-state index is 13.5. The molecule has 0 radical (unpaired) electrons. The first-order valence-corrected chi connectivity index (χ1v) is 13.2. The molecule has 33 heavy (non-hydrogen) atoms. The molecule has 3 heterocycles. The largest absolute Gasteiger partial charge is 0.350 e. The minimum absolute atomic E-state index is 0.128. The number of carbonyl (C=O) groups excluding carboxylic acids is 3. The number of amides is 3. The van der Waals surface area contributed by atoms with Crippen LogP contribution in [0, 0.1) is 0 Å². The van der Waals surface area contributed by atoms with Crippen LogP contribution in [0.4, 0.5) is 0 Å². The van der Waals surface area contributed by atoms with Gasteiger partial charge in [-0.05, 0) is 61.6 Å². The molecule has 2 N–H and O–H groups in total. The first-order valence-electron chi connectivity index (χ1n) is 10.9. The van der Waals surface area contributed by atoms with Crippen LogP contribution in [0.25, 0.3) is 0 Å². The fourth-order valence-electron chi connectivity index (χ4n) is 4.37. The summed E-state index contributed by atoms with van der Waals surface area (Å²) in [6, 6.07) is 9.86. The van der Waals surface area contributed by atoms with E-state index in [-0.39, 0.29) is 23.1 Å². The molecule has 1 saturated heterocycles. The van der Waals surface area contributed by atoms with Crippen LogP contribution in [0.1, 0.15) is 47.1 Å². The summed E-state index contributed by atoms with van der Waals surface area (Å²) in [6.45, 7) is 4.33. The van der Waals surface area contributed by atoms with Gasteiger partial charge in [-0.1, -0.05) is 18.2 Å². The SMILES string of the molecule is CSCC[C@H](NC(=O)[C@@H]1N2C(=O)c3ccccc3[C@@H]2SC1(C)C)C(=O)NCc1ccncc1. The molecule has 7 nitrogen and oxygen atoms in total. The lowest BCUT2D eigenvalue weighted by atomic mass is 10.00. The van der Waals surface area contributed by atoms with Gasteiger partial charge in [0, 0.05) is 29.2 Å². The molecule has 0 saturated carbocycles. The number of benzene rings is 1. The number of rotatable bonds is 8. The molecular formula is C24H28N4O3S2. The maximum Gasteiger partial charge on any atom is 0.256 e. The summed E-state index contributed by atoms with van der Waals surface area (Å²) in [6.07, 6.45) is 5.83. The molecule has 3 atom stereocenters. The Bertz CT molecular complexity index is 1050. The lowest BCUT2D eigenvalue weighted by molar-refractivity contribution is -0.132. The van der Waals surface area contributed by atoms with Gasteiger partial charge in [0.05, 0.1) is 0 Å². The molecule has 0 aliphatic carbocycles. The molecule has 2 aliphatic heterocycles. The van der Waals surface area contributed by atoms with Crippen LogP contribution in [0.15, 0.2) is 48.8 Å². The van der Waals surface area contributed by atoms with Crippen LogP contribution in [0.5, 0.6) is 0 Å². The predicted molar refractivity (Wildman–Crippen MR) is 132 cm³/mol. The Morgan fingerprint density at radius 1 is 1.21 bits per heavy atom. The van der Waals surface area contributed by atoms with Gasteiger partial charge < -0.3 is 15.5 Å². The summed E-state index contributed by atoms with van der Waals surface area (Å²) >= 11 is 3.24. The van der Waals surface area contributed by atoms with E-state index < -0.39 is 16.8 Å². The highest BCUT2D eigenvalue weighted by molar-refractivity contribution is 8.01. The number of fused-ring (bicyclic) bond motifs is 3. The van der Waals surface area contributed by atoms with Gasteiger partial charge in [-0.2, -0.15) is 11.8 Å². The Hall–Kier alpha value is -2.52. The molecule has 1 aromatic carbocycles. The maximum atomic E-state index is 13.5. The summed E-state index contributed by atoms with van der Waals surface area (Å²) in [4.78, 5) is 45.4. The van der Waals surface area contributed by atoms with Crippen molar-refractivity contribution >= 4 is 41.2 Å². The van der Waals surface area contributed by atoms with Crippen molar-refractivity contribution in [2.75, 3.05) is 12.0 Å². The molecule has 2 aromatic rings. The molecule has 9 heteroatoms. The number of thioether (sulfide) groups is 2. The van der Waals surface area contributed by atoms with Crippen LogP contribution in [-0.2, 0) is 16.1 Å². The lowest BCUT2D eigenvalue weighted by Gasteiger charge is -2.31. The van der Waals surface area contributed by atoms with Crippen LogP contribution < -0.4 is 10.6 Å². The summed E-state index contributed by atoms with van der Waals surface area (Å²) < 4.78 is -0.491. The summed E-state index contributed by atoms with van der Waals surface area (Å²) in [5.74, 6) is 0.0795. The second kappa shape index (κ2) is 9.77. The number of aromatic nitrogens is 1. The van der Waals surface area contributed by atoms with Crippen molar-refractivity contribution in [2.45, 2.75) is 49.0 Å². The topological polar surface area (TPSA) is 91.4 Å². The molecule has 1 aromatic heterocycles. The minimum Gasteiger partial charge on any atom is -0.350 e. The third-order valence-electron chi connectivity index (χ3n) is 6.00. The average molecular weight is 485 g/mol. The summed E-state index contributed by atoms with van der Waals surface area (Å²) in [7, 11) is 0. The van der Waals surface area contributed by atoms with Crippen molar-refractivity contribution in [1.82, 2.24) is 20.5 Å². The van der Waals surface area contributed by atoms with Gasteiger partial charge in [0.2, 0.25) is 11.8 Å². The predicted octanol–water partition coefficient (Wildman–Crippen LogP) is 2.98. The Morgan fingerprint density at radius 3 is 2.67 bits per heavy atom. The first kappa shape index (κ1) is 23.6. The quantitative estimate of drug-likeness (QED) is 0.599. The number of hydrogen-bond donors (Lipinski definition) is 2. The molecule has 2 aliphatic rings. The standard InChI is InChI=1S/C24H28N4O3S2/c1-24(2)19(28-22(31)16-6-4-5-7-17(16)23(28)33-24)21(30)27-18(10-13-32-3)20(29)26-14-15-8-11-25-12-9-15/h4-9,11-12,18-19,23H,10,13-14H2,1-3H3,(H,26,29)(H,27,30)/t18-,19-,23-/m0/s1. The van der Waals surface area contributed by atoms with E-state index in [9.17, 15) is 14.4 Å². The van der Waals surface area contributed by atoms with Gasteiger partial charge in [0.1, 0.15) is 17.5 Å². The van der Waals surface area contributed by atoms with Crippen molar-refractivity contribution in [3.8, 4) is 0 Å². The molecule has 0 spiro atoms. The number of hydrogen-bond acceptors (Lipinski definition) is 6. The Kier molecular flexibility index (Phi) is 6.99. The highest BCUT2D eigenvalue weighted by Gasteiger charge is 2.57. The molecule has 174 valence electrons. The molecule has 0 bridgehead atoms. The highest BCUT2D eigenvalue weighted by atomic mass is 32.2. The van der Waals surface area contributed by atoms with Crippen LogP contribution in [-0.4, -0.2) is 56.4 Å².